The summed E-state index contributed by atoms with van der Waals surface area (Å²) in [4.78, 5) is 26.5. The van der Waals surface area contributed by atoms with E-state index in [9.17, 15) is 9.59 Å². The minimum Gasteiger partial charge on any atom is -0.333 e. The van der Waals surface area contributed by atoms with Crippen LogP contribution in [-0.2, 0) is 9.59 Å². The molecule has 0 N–H and O–H groups in total. The third kappa shape index (κ3) is 1.74. The second-order valence-electron chi connectivity index (χ2n) is 4.00. The van der Waals surface area contributed by atoms with E-state index in [1.807, 2.05) is 27.7 Å². The molecule has 14 heavy (non-hydrogen) atoms. The van der Waals surface area contributed by atoms with Crippen LogP contribution in [0.2, 0.25) is 0 Å². The molecule has 0 spiro atoms. The van der Waals surface area contributed by atoms with Crippen LogP contribution in [0.15, 0.2) is 0 Å². The predicted octanol–water partition coefficient (Wildman–Crippen LogP) is 0.474. The number of hydrogen-bond acceptors (Lipinski definition) is 2. The lowest BCUT2D eigenvalue weighted by Crippen LogP contribution is -2.60. The van der Waals surface area contributed by atoms with Crippen molar-refractivity contribution in [2.45, 2.75) is 39.8 Å². The summed E-state index contributed by atoms with van der Waals surface area (Å²) in [6.07, 6.45) is 0. The van der Waals surface area contributed by atoms with Crippen molar-refractivity contribution in [3.8, 4) is 0 Å². The van der Waals surface area contributed by atoms with Crippen LogP contribution < -0.4 is 0 Å². The van der Waals surface area contributed by atoms with E-state index in [4.69, 9.17) is 0 Å². The molecule has 80 valence electrons. The smallest absolute Gasteiger partial charge is 0.312 e. The fraction of sp³-hybridized carbons (Fsp3) is 0.800. The van der Waals surface area contributed by atoms with Crippen molar-refractivity contribution in [3.63, 3.8) is 0 Å². The fourth-order valence-electron chi connectivity index (χ4n) is 1.95. The molecule has 1 unspecified atom stereocenters. The monoisotopic (exact) mass is 198 g/mol. The Bertz CT molecular complexity index is 251. The molecule has 0 bridgehead atoms. The summed E-state index contributed by atoms with van der Waals surface area (Å²) in [6.45, 7) is 9.00. The number of carbonyl (C=O) groups excluding carboxylic acids is 2. The number of carbonyl (C=O) groups is 2. The van der Waals surface area contributed by atoms with Crippen molar-refractivity contribution in [3.05, 3.63) is 0 Å². The molecule has 1 fully saturated rings. The van der Waals surface area contributed by atoms with Crippen molar-refractivity contribution in [1.82, 2.24) is 9.80 Å². The number of nitrogens with zero attached hydrogens (tertiary/aromatic N) is 2. The van der Waals surface area contributed by atoms with E-state index in [0.29, 0.717) is 13.1 Å². The molecule has 0 radical (unpaired) electrons. The van der Waals surface area contributed by atoms with Gasteiger partial charge in [-0.1, -0.05) is 0 Å². The van der Waals surface area contributed by atoms with E-state index in [2.05, 4.69) is 0 Å². The Morgan fingerprint density at radius 1 is 1.36 bits per heavy atom. The van der Waals surface area contributed by atoms with Crippen LogP contribution in [-0.4, -0.2) is 46.8 Å². The first kappa shape index (κ1) is 11.0. The second kappa shape index (κ2) is 3.98. The highest BCUT2D eigenvalue weighted by Crippen LogP contribution is 2.14. The molecule has 2 amide bonds. The number of amides is 2. The Kier molecular flexibility index (Phi) is 3.13. The van der Waals surface area contributed by atoms with Crippen molar-refractivity contribution in [1.29, 1.82) is 0 Å². The lowest BCUT2D eigenvalue weighted by Gasteiger charge is -2.40. The van der Waals surface area contributed by atoms with Crippen LogP contribution in [0.25, 0.3) is 0 Å². The van der Waals surface area contributed by atoms with Crippen LogP contribution >= 0.6 is 0 Å². The SMILES string of the molecule is CCN1CC(C)N(C(C)C)C(=O)C1=O. The molecule has 1 aliphatic rings. The van der Waals surface area contributed by atoms with Crippen molar-refractivity contribution < 1.29 is 9.59 Å². The van der Waals surface area contributed by atoms with Crippen molar-refractivity contribution in [2.24, 2.45) is 0 Å². The zero-order valence-corrected chi connectivity index (χ0v) is 9.28. The van der Waals surface area contributed by atoms with Gasteiger partial charge in [0.05, 0.1) is 0 Å². The molecular formula is C10H18N2O2. The topological polar surface area (TPSA) is 40.6 Å². The minimum absolute atomic E-state index is 0.0976. The first-order valence-electron chi connectivity index (χ1n) is 5.10. The average Bonchev–Trinajstić information content (AvgIpc) is 2.10. The van der Waals surface area contributed by atoms with Crippen LogP contribution in [0.5, 0.6) is 0 Å². The highest BCUT2D eigenvalue weighted by Gasteiger charge is 2.37. The maximum atomic E-state index is 11.7. The Hall–Kier alpha value is -1.06. The molecule has 1 saturated heterocycles. The molecule has 4 nitrogen and oxygen atoms in total. The highest BCUT2D eigenvalue weighted by atomic mass is 16.2. The number of piperazine rings is 1. The summed E-state index contributed by atoms with van der Waals surface area (Å²) >= 11 is 0. The number of rotatable bonds is 2. The minimum atomic E-state index is -0.362. The van der Waals surface area contributed by atoms with E-state index < -0.39 is 0 Å². The maximum absolute atomic E-state index is 11.7. The van der Waals surface area contributed by atoms with Gasteiger partial charge in [-0.05, 0) is 27.7 Å². The van der Waals surface area contributed by atoms with Gasteiger partial charge in [0.15, 0.2) is 0 Å². The highest BCUT2D eigenvalue weighted by molar-refractivity contribution is 6.35. The van der Waals surface area contributed by atoms with E-state index in [1.54, 1.807) is 9.80 Å². The van der Waals surface area contributed by atoms with Crippen LogP contribution in [0.4, 0.5) is 0 Å². The van der Waals surface area contributed by atoms with Crippen molar-refractivity contribution >= 4 is 11.8 Å². The van der Waals surface area contributed by atoms with Gasteiger partial charge in [-0.3, -0.25) is 9.59 Å². The second-order valence-corrected chi connectivity index (χ2v) is 4.00. The quantitative estimate of drug-likeness (QED) is 0.605. The van der Waals surface area contributed by atoms with Crippen molar-refractivity contribution in [2.75, 3.05) is 13.1 Å². The van der Waals surface area contributed by atoms with Gasteiger partial charge in [-0.15, -0.1) is 0 Å². The van der Waals surface area contributed by atoms with Crippen LogP contribution in [0.1, 0.15) is 27.7 Å². The zero-order chi connectivity index (χ0) is 10.9. The Labute approximate surface area is 84.9 Å². The lowest BCUT2D eigenvalue weighted by molar-refractivity contribution is -0.160. The molecule has 1 atom stereocenters. The fourth-order valence-corrected chi connectivity index (χ4v) is 1.95. The normalized spacial score (nSPS) is 23.6. The summed E-state index contributed by atoms with van der Waals surface area (Å²) < 4.78 is 0. The Balaban J connectivity index is 2.85. The van der Waals surface area contributed by atoms with Gasteiger partial charge < -0.3 is 9.80 Å². The van der Waals surface area contributed by atoms with Gasteiger partial charge in [-0.25, -0.2) is 0 Å². The first-order chi connectivity index (χ1) is 6.49. The molecule has 1 rings (SSSR count). The number of hydrogen-bond donors (Lipinski definition) is 0. The Morgan fingerprint density at radius 2 is 1.93 bits per heavy atom. The van der Waals surface area contributed by atoms with Gasteiger partial charge in [0.1, 0.15) is 0 Å². The first-order valence-corrected chi connectivity index (χ1v) is 5.10. The molecular weight excluding hydrogens is 180 g/mol. The van der Waals surface area contributed by atoms with E-state index in [0.717, 1.165) is 0 Å². The summed E-state index contributed by atoms with van der Waals surface area (Å²) in [5, 5.41) is 0. The van der Waals surface area contributed by atoms with Crippen LogP contribution in [0.3, 0.4) is 0 Å². The largest absolute Gasteiger partial charge is 0.333 e. The average molecular weight is 198 g/mol. The molecule has 0 aromatic rings. The molecule has 0 aromatic heterocycles. The summed E-state index contributed by atoms with van der Waals surface area (Å²) in [7, 11) is 0. The van der Waals surface area contributed by atoms with Crippen LogP contribution in [0, 0.1) is 0 Å². The molecule has 0 aliphatic carbocycles. The maximum Gasteiger partial charge on any atom is 0.312 e. The van der Waals surface area contributed by atoms with E-state index >= 15 is 0 Å². The summed E-state index contributed by atoms with van der Waals surface area (Å²) in [5.74, 6) is -0.722. The van der Waals surface area contributed by atoms with Gasteiger partial charge in [-0.2, -0.15) is 0 Å². The molecule has 0 saturated carbocycles. The lowest BCUT2D eigenvalue weighted by atomic mass is 10.1. The van der Waals surface area contributed by atoms with Gasteiger partial charge in [0, 0.05) is 25.2 Å². The zero-order valence-electron chi connectivity index (χ0n) is 9.28. The third-order valence-electron chi connectivity index (χ3n) is 2.60. The summed E-state index contributed by atoms with van der Waals surface area (Å²) in [6, 6.07) is 0.223. The van der Waals surface area contributed by atoms with E-state index in [-0.39, 0.29) is 23.9 Å². The van der Waals surface area contributed by atoms with E-state index in [1.165, 1.54) is 0 Å². The predicted molar refractivity (Wildman–Crippen MR) is 53.7 cm³/mol. The summed E-state index contributed by atoms with van der Waals surface area (Å²) in [5.41, 5.74) is 0. The molecule has 1 aliphatic heterocycles. The Morgan fingerprint density at radius 3 is 2.36 bits per heavy atom. The molecule has 4 heteroatoms. The third-order valence-corrected chi connectivity index (χ3v) is 2.60. The standard InChI is InChI=1S/C10H18N2O2/c1-5-11-6-8(4)12(7(2)3)10(14)9(11)13/h7-8H,5-6H2,1-4H3. The number of likely N-dealkylation sites (N-methyl/N-ethyl adjacent to an activating group) is 1. The molecule has 0 aromatic carbocycles. The van der Waals surface area contributed by atoms with Gasteiger partial charge >= 0.3 is 11.8 Å². The molecule has 1 heterocycles. The van der Waals surface area contributed by atoms with Gasteiger partial charge in [0.2, 0.25) is 0 Å². The van der Waals surface area contributed by atoms with Gasteiger partial charge in [0.25, 0.3) is 0 Å².